The summed E-state index contributed by atoms with van der Waals surface area (Å²) < 4.78 is 0. The lowest BCUT2D eigenvalue weighted by Crippen LogP contribution is -2.46. The average molecular weight is 348 g/mol. The number of aryl methyl sites for hydroxylation is 1. The van der Waals surface area contributed by atoms with Gasteiger partial charge < -0.3 is 5.32 Å². The van der Waals surface area contributed by atoms with Crippen LogP contribution in [0.25, 0.3) is 0 Å². The lowest BCUT2D eigenvalue weighted by Gasteiger charge is -2.35. The van der Waals surface area contributed by atoms with Gasteiger partial charge >= 0.3 is 0 Å². The Labute approximate surface area is 146 Å². The van der Waals surface area contributed by atoms with Gasteiger partial charge in [-0.25, -0.2) is 4.98 Å². The number of hydrogen-bond acceptors (Lipinski definition) is 4. The number of rotatable bonds is 4. The average Bonchev–Trinajstić information content (AvgIpc) is 3.03. The number of nitrogens with one attached hydrogen (secondary N) is 2. The van der Waals surface area contributed by atoms with E-state index in [0.717, 1.165) is 37.3 Å². The Kier molecular flexibility index (Phi) is 5.16. The van der Waals surface area contributed by atoms with E-state index in [1.165, 1.54) is 6.20 Å². The Morgan fingerprint density at radius 1 is 1.50 bits per heavy atom. The summed E-state index contributed by atoms with van der Waals surface area (Å²) in [6.07, 6.45) is 3.69. The van der Waals surface area contributed by atoms with Gasteiger partial charge in [-0.3, -0.25) is 14.8 Å². The van der Waals surface area contributed by atoms with Crippen LogP contribution in [-0.4, -0.2) is 45.1 Å². The Morgan fingerprint density at radius 3 is 3.00 bits per heavy atom. The summed E-state index contributed by atoms with van der Waals surface area (Å²) in [5.41, 5.74) is 2.16. The van der Waals surface area contributed by atoms with Crippen molar-refractivity contribution in [3.63, 3.8) is 0 Å². The third-order valence-electron chi connectivity index (χ3n) is 4.50. The predicted octanol–water partition coefficient (Wildman–Crippen LogP) is 2.97. The monoisotopic (exact) mass is 347 g/mol. The van der Waals surface area contributed by atoms with Gasteiger partial charge in [0.2, 0.25) is 5.91 Å². The van der Waals surface area contributed by atoms with Crippen molar-refractivity contribution in [2.24, 2.45) is 0 Å². The van der Waals surface area contributed by atoms with Gasteiger partial charge in [0.15, 0.2) is 0 Å². The smallest absolute Gasteiger partial charge is 0.242 e. The van der Waals surface area contributed by atoms with Crippen LogP contribution in [0.5, 0.6) is 0 Å². The maximum absolute atomic E-state index is 12.5. The zero-order valence-electron chi connectivity index (χ0n) is 13.9. The maximum Gasteiger partial charge on any atom is 0.242 e. The van der Waals surface area contributed by atoms with Crippen LogP contribution < -0.4 is 5.32 Å². The lowest BCUT2D eigenvalue weighted by atomic mass is 9.93. The molecule has 1 fully saturated rings. The molecule has 2 atom stereocenters. The number of carbonyl (C=O) groups excluding carboxylic acids is 1. The van der Waals surface area contributed by atoms with Crippen molar-refractivity contribution in [1.82, 2.24) is 20.1 Å². The molecule has 0 bridgehead atoms. The molecule has 2 aromatic heterocycles. The van der Waals surface area contributed by atoms with Crippen LogP contribution >= 0.6 is 11.6 Å². The largest absolute Gasteiger partial charge is 0.309 e. The number of anilines is 1. The summed E-state index contributed by atoms with van der Waals surface area (Å²) in [4.78, 5) is 18.8. The van der Waals surface area contributed by atoms with E-state index in [-0.39, 0.29) is 11.9 Å². The van der Waals surface area contributed by atoms with Crippen molar-refractivity contribution >= 4 is 23.3 Å². The number of pyridine rings is 1. The van der Waals surface area contributed by atoms with Crippen LogP contribution in [0.2, 0.25) is 5.02 Å². The molecule has 0 spiro atoms. The lowest BCUT2D eigenvalue weighted by molar-refractivity contribution is -0.121. The molecular weight excluding hydrogens is 326 g/mol. The highest BCUT2D eigenvalue weighted by atomic mass is 35.5. The van der Waals surface area contributed by atoms with E-state index >= 15 is 0 Å². The van der Waals surface area contributed by atoms with E-state index < -0.39 is 0 Å². The van der Waals surface area contributed by atoms with Gasteiger partial charge in [0.25, 0.3) is 0 Å². The van der Waals surface area contributed by atoms with Crippen LogP contribution in [-0.2, 0) is 4.79 Å². The molecule has 0 unspecified atom stereocenters. The number of nitrogens with zero attached hydrogens (tertiary/aromatic N) is 3. The van der Waals surface area contributed by atoms with Crippen LogP contribution in [0, 0.1) is 6.92 Å². The third kappa shape index (κ3) is 3.94. The first-order valence-electron chi connectivity index (χ1n) is 8.21. The number of halogens is 1. The molecule has 0 aromatic carbocycles. The minimum atomic E-state index is -0.217. The predicted molar refractivity (Wildman–Crippen MR) is 94.2 cm³/mol. The topological polar surface area (TPSA) is 73.9 Å². The molecule has 1 saturated heterocycles. The van der Waals surface area contributed by atoms with Crippen molar-refractivity contribution in [3.8, 4) is 0 Å². The second-order valence-electron chi connectivity index (χ2n) is 6.34. The second-order valence-corrected chi connectivity index (χ2v) is 6.77. The molecular formula is C17H22ClN5O. The standard InChI is InChI=1S/C17H22ClN5O/c1-11-8-15(22-21-11)13-4-3-7-23(10-13)12(2)17(24)20-16-6-5-14(18)9-19-16/h5-6,8-9,12-13H,3-4,7,10H2,1-2H3,(H,21,22)(H,19,20,24)/t12-,13+/m1/s1. The highest BCUT2D eigenvalue weighted by Crippen LogP contribution is 2.27. The number of hydrogen-bond donors (Lipinski definition) is 2. The van der Waals surface area contributed by atoms with E-state index in [1.807, 2.05) is 13.8 Å². The summed E-state index contributed by atoms with van der Waals surface area (Å²) in [7, 11) is 0. The number of H-pyrrole nitrogens is 1. The fraction of sp³-hybridized carbons (Fsp3) is 0.471. The molecule has 2 aromatic rings. The van der Waals surface area contributed by atoms with E-state index in [2.05, 4.69) is 31.5 Å². The van der Waals surface area contributed by atoms with E-state index in [9.17, 15) is 4.79 Å². The van der Waals surface area contributed by atoms with Crippen molar-refractivity contribution in [2.75, 3.05) is 18.4 Å². The number of piperidine rings is 1. The zero-order valence-corrected chi connectivity index (χ0v) is 14.7. The molecule has 24 heavy (non-hydrogen) atoms. The molecule has 3 rings (SSSR count). The van der Waals surface area contributed by atoms with Crippen molar-refractivity contribution in [1.29, 1.82) is 0 Å². The summed E-state index contributed by atoms with van der Waals surface area (Å²) in [5.74, 6) is 0.837. The second kappa shape index (κ2) is 7.32. The van der Waals surface area contributed by atoms with Crippen LogP contribution in [0.1, 0.15) is 37.1 Å². The zero-order chi connectivity index (χ0) is 17.1. The summed E-state index contributed by atoms with van der Waals surface area (Å²) in [6, 6.07) is 5.30. The molecule has 2 N–H and O–H groups in total. The van der Waals surface area contributed by atoms with Gasteiger partial charge in [0.1, 0.15) is 5.82 Å². The van der Waals surface area contributed by atoms with E-state index in [0.29, 0.717) is 16.8 Å². The molecule has 0 saturated carbocycles. The van der Waals surface area contributed by atoms with Gasteiger partial charge in [-0.2, -0.15) is 5.10 Å². The number of aromatic amines is 1. The molecule has 0 radical (unpaired) electrons. The maximum atomic E-state index is 12.5. The van der Waals surface area contributed by atoms with Gasteiger partial charge in [-0.1, -0.05) is 11.6 Å². The third-order valence-corrected chi connectivity index (χ3v) is 4.73. The highest BCUT2D eigenvalue weighted by Gasteiger charge is 2.29. The minimum Gasteiger partial charge on any atom is -0.309 e. The molecule has 1 amide bonds. The number of aromatic nitrogens is 3. The van der Waals surface area contributed by atoms with E-state index in [1.54, 1.807) is 12.1 Å². The van der Waals surface area contributed by atoms with Crippen LogP contribution in [0.3, 0.4) is 0 Å². The highest BCUT2D eigenvalue weighted by molar-refractivity contribution is 6.30. The summed E-state index contributed by atoms with van der Waals surface area (Å²) in [6.45, 7) is 5.70. The normalized spacial score (nSPS) is 19.9. The quantitative estimate of drug-likeness (QED) is 0.891. The Balaban J connectivity index is 1.62. The SMILES string of the molecule is Cc1cc([C@H]2CCCN([C@H](C)C(=O)Nc3ccc(Cl)cn3)C2)n[nH]1. The molecule has 0 aliphatic carbocycles. The number of carbonyl (C=O) groups is 1. The van der Waals surface area contributed by atoms with Gasteiger partial charge in [0, 0.05) is 24.4 Å². The minimum absolute atomic E-state index is 0.0521. The van der Waals surface area contributed by atoms with Gasteiger partial charge in [-0.05, 0) is 51.4 Å². The fourth-order valence-electron chi connectivity index (χ4n) is 3.09. The first kappa shape index (κ1) is 16.9. The summed E-state index contributed by atoms with van der Waals surface area (Å²) in [5, 5.41) is 10.8. The Hall–Kier alpha value is -1.92. The molecule has 6 nitrogen and oxygen atoms in total. The van der Waals surface area contributed by atoms with Gasteiger partial charge in [0.05, 0.1) is 16.8 Å². The number of likely N-dealkylation sites (tertiary alicyclic amines) is 1. The Morgan fingerprint density at radius 2 is 2.33 bits per heavy atom. The van der Waals surface area contributed by atoms with Crippen molar-refractivity contribution in [3.05, 3.63) is 40.8 Å². The number of amides is 1. The first-order valence-corrected chi connectivity index (χ1v) is 8.59. The molecule has 7 heteroatoms. The molecule has 1 aliphatic heterocycles. The van der Waals surface area contributed by atoms with Gasteiger partial charge in [-0.15, -0.1) is 0 Å². The molecule has 3 heterocycles. The molecule has 1 aliphatic rings. The van der Waals surface area contributed by atoms with Crippen LogP contribution in [0.15, 0.2) is 24.4 Å². The van der Waals surface area contributed by atoms with E-state index in [4.69, 9.17) is 11.6 Å². The molecule has 128 valence electrons. The Bertz CT molecular complexity index is 699. The van der Waals surface area contributed by atoms with Crippen molar-refractivity contribution < 1.29 is 4.79 Å². The van der Waals surface area contributed by atoms with Crippen molar-refractivity contribution in [2.45, 2.75) is 38.6 Å². The van der Waals surface area contributed by atoms with Crippen LogP contribution in [0.4, 0.5) is 5.82 Å². The fourth-order valence-corrected chi connectivity index (χ4v) is 3.21. The first-order chi connectivity index (χ1) is 11.5. The summed E-state index contributed by atoms with van der Waals surface area (Å²) >= 11 is 5.82.